The van der Waals surface area contributed by atoms with Crippen LogP contribution in [0.25, 0.3) is 0 Å². The number of alkyl halides is 1. The summed E-state index contributed by atoms with van der Waals surface area (Å²) in [4.78, 5) is 4.34. The van der Waals surface area contributed by atoms with Gasteiger partial charge in [-0.25, -0.2) is 4.98 Å². The summed E-state index contributed by atoms with van der Waals surface area (Å²) in [5.41, 5.74) is 0. The van der Waals surface area contributed by atoms with E-state index >= 15 is 0 Å². The van der Waals surface area contributed by atoms with Gasteiger partial charge in [0.15, 0.2) is 0 Å². The highest BCUT2D eigenvalue weighted by molar-refractivity contribution is 14.1. The molecule has 2 heterocycles. The van der Waals surface area contributed by atoms with E-state index in [4.69, 9.17) is 4.74 Å². The minimum absolute atomic E-state index is 0.246. The Balaban J connectivity index is 2.03. The van der Waals surface area contributed by atoms with Crippen molar-refractivity contribution in [3.05, 3.63) is 14.1 Å². The van der Waals surface area contributed by atoms with Gasteiger partial charge in [0.05, 0.1) is 15.2 Å². The highest BCUT2D eigenvalue weighted by Crippen LogP contribution is 2.35. The maximum absolute atomic E-state index is 5.81. The highest BCUT2D eigenvalue weighted by Gasteiger charge is 2.27. The van der Waals surface area contributed by atoms with Gasteiger partial charge >= 0.3 is 0 Å². The zero-order valence-corrected chi connectivity index (χ0v) is 11.4. The van der Waals surface area contributed by atoms with Crippen molar-refractivity contribution in [1.82, 2.24) is 4.98 Å². The zero-order chi connectivity index (χ0) is 9.26. The molecule has 0 aromatic carbocycles. The second kappa shape index (κ2) is 4.55. The first kappa shape index (κ1) is 10.3. The predicted molar refractivity (Wildman–Crippen MR) is 65.5 cm³/mol. The van der Waals surface area contributed by atoms with Gasteiger partial charge in [-0.2, -0.15) is 0 Å². The molecule has 0 spiro atoms. The molecule has 1 aliphatic rings. The summed E-state index contributed by atoms with van der Waals surface area (Å²) in [5.74, 6) is 0. The van der Waals surface area contributed by atoms with E-state index in [0.29, 0.717) is 6.10 Å². The first-order valence-electron chi connectivity index (χ1n) is 4.12. The number of halogens is 2. The molecular weight excluding hydrogens is 365 g/mol. The van der Waals surface area contributed by atoms with E-state index in [1.807, 2.05) is 6.20 Å². The van der Waals surface area contributed by atoms with E-state index < -0.39 is 0 Å². The molecule has 1 aliphatic heterocycles. The zero-order valence-electron chi connectivity index (χ0n) is 6.87. The number of thiazole rings is 1. The smallest absolute Gasteiger partial charge is 0.122 e. The van der Waals surface area contributed by atoms with Crippen LogP contribution in [0.4, 0.5) is 0 Å². The second-order valence-corrected chi connectivity index (χ2v) is 6.58. The Morgan fingerprint density at radius 2 is 2.54 bits per heavy atom. The van der Waals surface area contributed by atoms with Gasteiger partial charge in [0, 0.05) is 5.33 Å². The summed E-state index contributed by atoms with van der Waals surface area (Å²) in [5, 5.41) is 2.07. The number of hydrogen-bond donors (Lipinski definition) is 0. The van der Waals surface area contributed by atoms with Gasteiger partial charge in [-0.1, -0.05) is 15.9 Å². The molecule has 0 radical (unpaired) electrons. The lowest BCUT2D eigenvalue weighted by Crippen LogP contribution is -2.07. The van der Waals surface area contributed by atoms with Crippen LogP contribution in [0.5, 0.6) is 0 Å². The number of aromatic nitrogens is 1. The van der Waals surface area contributed by atoms with E-state index in [1.54, 1.807) is 11.3 Å². The summed E-state index contributed by atoms with van der Waals surface area (Å²) >= 11 is 7.46. The van der Waals surface area contributed by atoms with Crippen LogP contribution in [0.15, 0.2) is 6.20 Å². The van der Waals surface area contributed by atoms with Gasteiger partial charge in [-0.3, -0.25) is 0 Å². The molecule has 13 heavy (non-hydrogen) atoms. The summed E-state index contributed by atoms with van der Waals surface area (Å²) in [6.07, 6.45) is 4.79. The molecule has 0 saturated carbocycles. The quantitative estimate of drug-likeness (QED) is 0.585. The molecular formula is C8H9BrINOS. The van der Waals surface area contributed by atoms with E-state index in [0.717, 1.165) is 23.2 Å². The third-order valence-corrected chi connectivity index (χ3v) is 4.59. The molecule has 2 nitrogen and oxygen atoms in total. The average Bonchev–Trinajstić information content (AvgIpc) is 2.71. The standard InChI is InChI=1S/C8H9BrINOS/c9-3-5-1-2-6(12-5)8-11-4-7(10)13-8/h4-6H,1-3H2. The molecule has 2 atom stereocenters. The van der Waals surface area contributed by atoms with Crippen LogP contribution in [-0.4, -0.2) is 16.4 Å². The van der Waals surface area contributed by atoms with Crippen molar-refractivity contribution in [3.8, 4) is 0 Å². The van der Waals surface area contributed by atoms with Crippen molar-refractivity contribution in [1.29, 1.82) is 0 Å². The van der Waals surface area contributed by atoms with Crippen molar-refractivity contribution in [2.24, 2.45) is 0 Å². The van der Waals surface area contributed by atoms with E-state index in [2.05, 4.69) is 43.5 Å². The van der Waals surface area contributed by atoms with Gasteiger partial charge in [-0.15, -0.1) is 11.3 Å². The maximum Gasteiger partial charge on any atom is 0.122 e. The lowest BCUT2D eigenvalue weighted by Gasteiger charge is -2.08. The van der Waals surface area contributed by atoms with Crippen LogP contribution < -0.4 is 0 Å². The van der Waals surface area contributed by atoms with Crippen LogP contribution >= 0.6 is 49.9 Å². The normalized spacial score (nSPS) is 28.2. The molecule has 0 bridgehead atoms. The van der Waals surface area contributed by atoms with Crippen molar-refractivity contribution in [3.63, 3.8) is 0 Å². The average molecular weight is 374 g/mol. The molecule has 0 N–H and O–H groups in total. The third kappa shape index (κ3) is 2.43. The van der Waals surface area contributed by atoms with Crippen LogP contribution in [0.2, 0.25) is 0 Å². The molecule has 72 valence electrons. The van der Waals surface area contributed by atoms with Gasteiger partial charge < -0.3 is 4.74 Å². The fraction of sp³-hybridized carbons (Fsp3) is 0.625. The van der Waals surface area contributed by atoms with Crippen molar-refractivity contribution >= 4 is 49.9 Å². The SMILES string of the molecule is BrCC1CCC(c2ncc(I)s2)O1. The van der Waals surface area contributed by atoms with Crippen LogP contribution in [0.3, 0.4) is 0 Å². The molecule has 2 unspecified atom stereocenters. The highest BCUT2D eigenvalue weighted by atomic mass is 127. The van der Waals surface area contributed by atoms with Crippen LogP contribution in [0.1, 0.15) is 24.0 Å². The molecule has 2 rings (SSSR count). The largest absolute Gasteiger partial charge is 0.367 e. The fourth-order valence-corrected chi connectivity index (χ4v) is 3.42. The predicted octanol–water partition coefficient (Wildman–Crippen LogP) is 3.36. The first-order valence-corrected chi connectivity index (χ1v) is 7.14. The van der Waals surface area contributed by atoms with Crippen molar-refractivity contribution in [2.45, 2.75) is 25.0 Å². The topological polar surface area (TPSA) is 22.1 Å². The number of nitrogens with zero attached hydrogens (tertiary/aromatic N) is 1. The Kier molecular flexibility index (Phi) is 3.61. The van der Waals surface area contributed by atoms with Gasteiger partial charge in [0.25, 0.3) is 0 Å². The Bertz CT molecular complexity index is 293. The molecule has 1 aromatic rings. The summed E-state index contributed by atoms with van der Waals surface area (Å²) in [6, 6.07) is 0. The Morgan fingerprint density at radius 1 is 1.69 bits per heavy atom. The molecule has 1 fully saturated rings. The van der Waals surface area contributed by atoms with Gasteiger partial charge in [0.1, 0.15) is 11.1 Å². The van der Waals surface area contributed by atoms with E-state index in [1.165, 1.54) is 2.88 Å². The third-order valence-electron chi connectivity index (χ3n) is 2.05. The van der Waals surface area contributed by atoms with Crippen molar-refractivity contribution < 1.29 is 4.74 Å². The lowest BCUT2D eigenvalue weighted by molar-refractivity contribution is 0.0587. The number of ether oxygens (including phenoxy) is 1. The van der Waals surface area contributed by atoms with Gasteiger partial charge in [-0.05, 0) is 35.4 Å². The minimum atomic E-state index is 0.246. The molecule has 1 saturated heterocycles. The maximum atomic E-state index is 5.81. The molecule has 5 heteroatoms. The molecule has 0 amide bonds. The minimum Gasteiger partial charge on any atom is -0.367 e. The van der Waals surface area contributed by atoms with Crippen molar-refractivity contribution in [2.75, 3.05) is 5.33 Å². The summed E-state index contributed by atoms with van der Waals surface area (Å²) in [7, 11) is 0. The Hall–Kier alpha value is 0.800. The van der Waals surface area contributed by atoms with Crippen LogP contribution in [0, 0.1) is 2.88 Å². The molecule has 1 aromatic heterocycles. The van der Waals surface area contributed by atoms with Gasteiger partial charge in [0.2, 0.25) is 0 Å². The van der Waals surface area contributed by atoms with E-state index in [9.17, 15) is 0 Å². The lowest BCUT2D eigenvalue weighted by atomic mass is 10.2. The number of rotatable bonds is 2. The first-order chi connectivity index (χ1) is 6.29. The van der Waals surface area contributed by atoms with Crippen LogP contribution in [-0.2, 0) is 4.74 Å². The van der Waals surface area contributed by atoms with E-state index in [-0.39, 0.29) is 6.10 Å². The Labute approximate surface area is 103 Å². The number of hydrogen-bond acceptors (Lipinski definition) is 3. The second-order valence-electron chi connectivity index (χ2n) is 2.98. The Morgan fingerprint density at radius 3 is 3.08 bits per heavy atom. The summed E-state index contributed by atoms with van der Waals surface area (Å²) < 4.78 is 7.04. The monoisotopic (exact) mass is 373 g/mol. The molecule has 0 aliphatic carbocycles. The summed E-state index contributed by atoms with van der Waals surface area (Å²) in [6.45, 7) is 0. The fourth-order valence-electron chi connectivity index (χ4n) is 1.42.